The Morgan fingerprint density at radius 1 is 1.55 bits per heavy atom. The summed E-state index contributed by atoms with van der Waals surface area (Å²) in [5.74, 6) is 0.800. The lowest BCUT2D eigenvalue weighted by Crippen LogP contribution is -2.26. The average Bonchev–Trinajstić information content (AvgIpc) is 2.86. The second kappa shape index (κ2) is 5.79. The number of likely N-dealkylation sites (tertiary alicyclic amines) is 1. The van der Waals surface area contributed by atoms with E-state index in [1.54, 1.807) is 6.20 Å². The van der Waals surface area contributed by atoms with Gasteiger partial charge < -0.3 is 10.9 Å². The van der Waals surface area contributed by atoms with Crippen LogP contribution in [0.2, 0.25) is 0 Å². The van der Waals surface area contributed by atoms with Gasteiger partial charge in [-0.15, -0.1) is 0 Å². The molecule has 0 aliphatic carbocycles. The lowest BCUT2D eigenvalue weighted by Gasteiger charge is -2.27. The molecular formula is C15H24N4O. The number of pyridine rings is 1. The van der Waals surface area contributed by atoms with Crippen LogP contribution in [0.3, 0.4) is 0 Å². The molecule has 1 unspecified atom stereocenters. The highest BCUT2D eigenvalue weighted by Crippen LogP contribution is 2.34. The molecule has 1 fully saturated rings. The molecule has 1 aliphatic rings. The summed E-state index contributed by atoms with van der Waals surface area (Å²) < 4.78 is 0. The number of nitrogens with two attached hydrogens (primary N) is 1. The molecule has 2 heterocycles. The summed E-state index contributed by atoms with van der Waals surface area (Å²) >= 11 is 0. The van der Waals surface area contributed by atoms with E-state index >= 15 is 0 Å². The zero-order valence-corrected chi connectivity index (χ0v) is 12.5. The molecule has 3 N–H and O–H groups in total. The lowest BCUT2D eigenvalue weighted by atomic mass is 9.80. The summed E-state index contributed by atoms with van der Waals surface area (Å²) in [6, 6.07) is 3.87. The topological polar surface area (TPSA) is 74.7 Å². The number of hydrogen-bond acceptors (Lipinski definition) is 4. The lowest BCUT2D eigenvalue weighted by molar-refractivity contribution is 0.226. The van der Waals surface area contributed by atoms with E-state index in [9.17, 15) is 0 Å². The first-order valence-electron chi connectivity index (χ1n) is 7.05. The van der Waals surface area contributed by atoms with Gasteiger partial charge in [-0.25, -0.2) is 0 Å². The number of nitrogens with zero attached hydrogens (tertiary/aromatic N) is 3. The molecule has 1 aromatic heterocycles. The maximum Gasteiger partial charge on any atom is 0.188 e. The van der Waals surface area contributed by atoms with E-state index in [0.29, 0.717) is 11.1 Å². The van der Waals surface area contributed by atoms with Crippen molar-refractivity contribution in [3.63, 3.8) is 0 Å². The molecule has 0 saturated carbocycles. The minimum Gasteiger partial charge on any atom is -0.409 e. The first-order valence-corrected chi connectivity index (χ1v) is 7.05. The maximum absolute atomic E-state index is 8.70. The summed E-state index contributed by atoms with van der Waals surface area (Å²) in [6.45, 7) is 10.1. The van der Waals surface area contributed by atoms with Gasteiger partial charge in [0.2, 0.25) is 0 Å². The highest BCUT2D eigenvalue weighted by Gasteiger charge is 2.31. The summed E-state index contributed by atoms with van der Waals surface area (Å²) in [5.41, 5.74) is 7.62. The monoisotopic (exact) mass is 276 g/mol. The second-order valence-corrected chi connectivity index (χ2v) is 6.62. The molecule has 5 heteroatoms. The molecule has 110 valence electrons. The van der Waals surface area contributed by atoms with Crippen molar-refractivity contribution in [2.24, 2.45) is 22.2 Å². The molecule has 0 aromatic carbocycles. The van der Waals surface area contributed by atoms with Crippen LogP contribution in [-0.2, 0) is 6.54 Å². The number of amidine groups is 1. The van der Waals surface area contributed by atoms with Crippen molar-refractivity contribution in [2.45, 2.75) is 33.7 Å². The smallest absolute Gasteiger partial charge is 0.188 e. The predicted octanol–water partition coefficient (Wildman–Crippen LogP) is 2.04. The highest BCUT2D eigenvalue weighted by atomic mass is 16.4. The molecule has 2 rings (SSSR count). The molecular weight excluding hydrogens is 252 g/mol. The molecule has 1 aliphatic heterocycles. The first-order chi connectivity index (χ1) is 9.40. The van der Waals surface area contributed by atoms with Gasteiger partial charge in [-0.3, -0.25) is 9.88 Å². The molecule has 1 aromatic rings. The second-order valence-electron chi connectivity index (χ2n) is 6.62. The Morgan fingerprint density at radius 3 is 2.90 bits per heavy atom. The van der Waals surface area contributed by atoms with Crippen LogP contribution in [0.5, 0.6) is 0 Å². The van der Waals surface area contributed by atoms with Crippen molar-refractivity contribution in [3.8, 4) is 0 Å². The van der Waals surface area contributed by atoms with Crippen LogP contribution in [0.4, 0.5) is 0 Å². The van der Waals surface area contributed by atoms with Gasteiger partial charge in [0.05, 0.1) is 0 Å². The van der Waals surface area contributed by atoms with Crippen LogP contribution in [-0.4, -0.2) is 34.0 Å². The molecule has 0 bridgehead atoms. The molecule has 0 radical (unpaired) electrons. The quantitative estimate of drug-likeness (QED) is 0.383. The van der Waals surface area contributed by atoms with E-state index in [4.69, 9.17) is 10.9 Å². The molecule has 1 atom stereocenters. The number of oxime groups is 1. The van der Waals surface area contributed by atoms with Crippen LogP contribution in [0, 0.1) is 11.3 Å². The Bertz CT molecular complexity index is 493. The predicted molar refractivity (Wildman–Crippen MR) is 79.6 cm³/mol. The summed E-state index contributed by atoms with van der Waals surface area (Å²) in [7, 11) is 0. The van der Waals surface area contributed by atoms with Crippen molar-refractivity contribution >= 4 is 5.84 Å². The van der Waals surface area contributed by atoms with Gasteiger partial charge in [0, 0.05) is 19.3 Å². The number of rotatable bonds is 3. The van der Waals surface area contributed by atoms with Gasteiger partial charge >= 0.3 is 0 Å². The zero-order chi connectivity index (χ0) is 14.8. The molecule has 5 nitrogen and oxygen atoms in total. The van der Waals surface area contributed by atoms with Crippen LogP contribution >= 0.6 is 0 Å². The Hall–Kier alpha value is -1.62. The molecule has 1 saturated heterocycles. The highest BCUT2D eigenvalue weighted by molar-refractivity contribution is 5.95. The zero-order valence-electron chi connectivity index (χ0n) is 12.5. The van der Waals surface area contributed by atoms with Gasteiger partial charge in [0.25, 0.3) is 0 Å². The number of hydrogen-bond donors (Lipinski definition) is 2. The fraction of sp³-hybridized carbons (Fsp3) is 0.600. The minimum absolute atomic E-state index is 0.0563. The maximum atomic E-state index is 8.70. The summed E-state index contributed by atoms with van der Waals surface area (Å²) in [4.78, 5) is 6.56. The fourth-order valence-corrected chi connectivity index (χ4v) is 2.71. The van der Waals surface area contributed by atoms with Gasteiger partial charge in [-0.05, 0) is 42.0 Å². The normalized spacial score (nSPS) is 21.4. The van der Waals surface area contributed by atoms with E-state index in [2.05, 4.69) is 35.8 Å². The SMILES string of the molecule is CC(C)(C)C1CCN(Cc2ccnc(/C(N)=N/O)c2)C1. The summed E-state index contributed by atoms with van der Waals surface area (Å²) in [6.07, 6.45) is 2.96. The van der Waals surface area contributed by atoms with E-state index < -0.39 is 0 Å². The summed E-state index contributed by atoms with van der Waals surface area (Å²) in [5, 5.41) is 11.7. The Kier molecular flexibility index (Phi) is 4.28. The van der Waals surface area contributed by atoms with E-state index in [1.807, 2.05) is 12.1 Å². The molecule has 20 heavy (non-hydrogen) atoms. The van der Waals surface area contributed by atoms with Crippen LogP contribution < -0.4 is 5.73 Å². The standard InChI is InChI=1S/C15H24N4O/c1-15(2,3)12-5-7-19(10-12)9-11-4-6-17-13(8-11)14(16)18-20/h4,6,8,12,20H,5,7,9-10H2,1-3H3,(H2,16,18). The van der Waals surface area contributed by atoms with Crippen LogP contribution in [0.1, 0.15) is 38.4 Å². The fourth-order valence-electron chi connectivity index (χ4n) is 2.71. The Balaban J connectivity index is 2.01. The van der Waals surface area contributed by atoms with E-state index in [-0.39, 0.29) is 5.84 Å². The van der Waals surface area contributed by atoms with E-state index in [1.165, 1.54) is 6.42 Å². The van der Waals surface area contributed by atoms with Crippen LogP contribution in [0.15, 0.2) is 23.5 Å². The van der Waals surface area contributed by atoms with Gasteiger partial charge in [0.15, 0.2) is 5.84 Å². The third-order valence-corrected chi connectivity index (χ3v) is 4.10. The van der Waals surface area contributed by atoms with Gasteiger partial charge in [-0.1, -0.05) is 25.9 Å². The third-order valence-electron chi connectivity index (χ3n) is 4.10. The Labute approximate surface area is 120 Å². The molecule has 0 spiro atoms. The minimum atomic E-state index is 0.0563. The largest absolute Gasteiger partial charge is 0.409 e. The first kappa shape index (κ1) is 14.8. The Morgan fingerprint density at radius 2 is 2.30 bits per heavy atom. The van der Waals surface area contributed by atoms with Gasteiger partial charge in [-0.2, -0.15) is 0 Å². The average molecular weight is 276 g/mol. The third kappa shape index (κ3) is 3.48. The van der Waals surface area contributed by atoms with Crippen molar-refractivity contribution < 1.29 is 5.21 Å². The number of aromatic nitrogens is 1. The van der Waals surface area contributed by atoms with Crippen molar-refractivity contribution in [3.05, 3.63) is 29.6 Å². The van der Waals surface area contributed by atoms with Crippen molar-refractivity contribution in [2.75, 3.05) is 13.1 Å². The molecule has 0 amide bonds. The van der Waals surface area contributed by atoms with Gasteiger partial charge in [0.1, 0.15) is 5.69 Å². The van der Waals surface area contributed by atoms with Crippen molar-refractivity contribution in [1.29, 1.82) is 0 Å². The van der Waals surface area contributed by atoms with Crippen LogP contribution in [0.25, 0.3) is 0 Å². The van der Waals surface area contributed by atoms with E-state index in [0.717, 1.165) is 31.1 Å². The van der Waals surface area contributed by atoms with Crippen molar-refractivity contribution in [1.82, 2.24) is 9.88 Å².